The highest BCUT2D eigenvalue weighted by Crippen LogP contribution is 2.36. The molecule has 3 heteroatoms. The summed E-state index contributed by atoms with van der Waals surface area (Å²) in [4.78, 5) is 0. The van der Waals surface area contributed by atoms with Crippen LogP contribution in [0, 0.1) is 5.92 Å². The van der Waals surface area contributed by atoms with Crippen molar-refractivity contribution in [1.82, 2.24) is 9.78 Å². The van der Waals surface area contributed by atoms with E-state index in [2.05, 4.69) is 31.9 Å². The Morgan fingerprint density at radius 3 is 2.82 bits per heavy atom. The molecular formula is C14H24N2O. The molecular weight excluding hydrogens is 212 g/mol. The number of rotatable bonds is 4. The van der Waals surface area contributed by atoms with Crippen molar-refractivity contribution in [2.45, 2.75) is 65.0 Å². The second kappa shape index (κ2) is 4.81. The molecule has 1 aliphatic carbocycles. The molecule has 0 amide bonds. The van der Waals surface area contributed by atoms with Gasteiger partial charge in [-0.05, 0) is 44.6 Å². The molecule has 17 heavy (non-hydrogen) atoms. The van der Waals surface area contributed by atoms with E-state index in [-0.39, 0.29) is 0 Å². The van der Waals surface area contributed by atoms with Gasteiger partial charge < -0.3 is 5.11 Å². The smallest absolute Gasteiger partial charge is 0.0705 e. The third-order valence-corrected chi connectivity index (χ3v) is 3.92. The minimum Gasteiger partial charge on any atom is -0.389 e. The van der Waals surface area contributed by atoms with Crippen molar-refractivity contribution in [2.24, 2.45) is 5.92 Å². The molecule has 2 rings (SSSR count). The van der Waals surface area contributed by atoms with Gasteiger partial charge in [-0.15, -0.1) is 0 Å². The van der Waals surface area contributed by atoms with Crippen LogP contribution in [0.4, 0.5) is 0 Å². The Morgan fingerprint density at radius 1 is 1.53 bits per heavy atom. The van der Waals surface area contributed by atoms with E-state index in [9.17, 15) is 5.11 Å². The molecule has 1 aromatic rings. The molecule has 0 radical (unpaired) electrons. The molecule has 1 N–H and O–H groups in total. The molecule has 1 fully saturated rings. The first-order valence-electron chi connectivity index (χ1n) is 6.84. The zero-order valence-corrected chi connectivity index (χ0v) is 11.2. The van der Waals surface area contributed by atoms with Crippen LogP contribution in [-0.2, 0) is 19.4 Å². The normalized spacial score (nSPS) is 28.8. The third kappa shape index (κ3) is 2.71. The first-order chi connectivity index (χ1) is 8.06. The van der Waals surface area contributed by atoms with Crippen molar-refractivity contribution in [3.8, 4) is 0 Å². The van der Waals surface area contributed by atoms with Crippen molar-refractivity contribution in [2.75, 3.05) is 0 Å². The van der Waals surface area contributed by atoms with Gasteiger partial charge in [0, 0.05) is 18.7 Å². The lowest BCUT2D eigenvalue weighted by molar-refractivity contribution is 0.0426. The van der Waals surface area contributed by atoms with E-state index in [4.69, 9.17) is 0 Å². The molecule has 2 atom stereocenters. The molecule has 1 saturated carbocycles. The van der Waals surface area contributed by atoms with Crippen LogP contribution in [0.15, 0.2) is 6.07 Å². The molecule has 0 spiro atoms. The third-order valence-electron chi connectivity index (χ3n) is 3.92. The summed E-state index contributed by atoms with van der Waals surface area (Å²) < 4.78 is 2.04. The van der Waals surface area contributed by atoms with Crippen LogP contribution in [0.2, 0.25) is 0 Å². The highest BCUT2D eigenvalue weighted by Gasteiger charge is 2.36. The van der Waals surface area contributed by atoms with Gasteiger partial charge in [-0.2, -0.15) is 5.10 Å². The minimum absolute atomic E-state index is 0.489. The van der Waals surface area contributed by atoms with Gasteiger partial charge in [0.1, 0.15) is 0 Å². The summed E-state index contributed by atoms with van der Waals surface area (Å²) in [6, 6.07) is 2.16. The molecule has 2 unspecified atom stereocenters. The lowest BCUT2D eigenvalue weighted by Gasteiger charge is -2.22. The summed E-state index contributed by atoms with van der Waals surface area (Å²) in [7, 11) is 0. The Kier molecular flexibility index (Phi) is 3.57. The molecule has 0 bridgehead atoms. The van der Waals surface area contributed by atoms with E-state index in [1.54, 1.807) is 0 Å². The van der Waals surface area contributed by atoms with E-state index in [0.29, 0.717) is 5.92 Å². The van der Waals surface area contributed by atoms with Gasteiger partial charge in [0.2, 0.25) is 0 Å². The molecule has 1 aliphatic rings. The van der Waals surface area contributed by atoms with E-state index in [0.717, 1.165) is 44.3 Å². The Morgan fingerprint density at radius 2 is 2.29 bits per heavy atom. The molecule has 96 valence electrons. The second-order valence-corrected chi connectivity index (χ2v) is 5.55. The van der Waals surface area contributed by atoms with Crippen LogP contribution >= 0.6 is 0 Å². The molecule has 0 saturated heterocycles. The van der Waals surface area contributed by atoms with E-state index < -0.39 is 5.60 Å². The fraction of sp³-hybridized carbons (Fsp3) is 0.786. The van der Waals surface area contributed by atoms with Crippen molar-refractivity contribution < 1.29 is 5.11 Å². The van der Waals surface area contributed by atoms with Gasteiger partial charge in [0.15, 0.2) is 0 Å². The van der Waals surface area contributed by atoms with Crippen molar-refractivity contribution in [3.05, 3.63) is 17.5 Å². The first-order valence-corrected chi connectivity index (χ1v) is 6.84. The number of aryl methyl sites for hydroxylation is 2. The highest BCUT2D eigenvalue weighted by atomic mass is 16.3. The Labute approximate surface area is 104 Å². The fourth-order valence-corrected chi connectivity index (χ4v) is 2.97. The predicted molar refractivity (Wildman–Crippen MR) is 68.9 cm³/mol. The Balaban J connectivity index is 2.14. The van der Waals surface area contributed by atoms with Crippen molar-refractivity contribution >= 4 is 0 Å². The molecule has 1 heterocycles. The summed E-state index contributed by atoms with van der Waals surface area (Å²) in [5.41, 5.74) is 1.84. The van der Waals surface area contributed by atoms with Gasteiger partial charge in [-0.3, -0.25) is 4.68 Å². The average Bonchev–Trinajstić information content (AvgIpc) is 2.83. The van der Waals surface area contributed by atoms with E-state index in [1.807, 2.05) is 4.68 Å². The van der Waals surface area contributed by atoms with Gasteiger partial charge in [-0.25, -0.2) is 0 Å². The summed E-state index contributed by atoms with van der Waals surface area (Å²) in [6.07, 6.45) is 4.75. The molecule has 3 nitrogen and oxygen atoms in total. The highest BCUT2D eigenvalue weighted by molar-refractivity contribution is 5.14. The topological polar surface area (TPSA) is 38.0 Å². The quantitative estimate of drug-likeness (QED) is 0.872. The molecule has 0 aliphatic heterocycles. The summed E-state index contributed by atoms with van der Waals surface area (Å²) >= 11 is 0. The van der Waals surface area contributed by atoms with E-state index in [1.165, 1.54) is 5.69 Å². The van der Waals surface area contributed by atoms with Crippen LogP contribution in [-0.4, -0.2) is 20.5 Å². The van der Waals surface area contributed by atoms with Gasteiger partial charge >= 0.3 is 0 Å². The maximum Gasteiger partial charge on any atom is 0.0705 e. The Bertz CT molecular complexity index is 386. The fourth-order valence-electron chi connectivity index (χ4n) is 2.97. The van der Waals surface area contributed by atoms with Crippen LogP contribution in [0.25, 0.3) is 0 Å². The summed E-state index contributed by atoms with van der Waals surface area (Å²) in [5, 5.41) is 15.1. The lowest BCUT2D eigenvalue weighted by atomic mass is 9.94. The standard InChI is InChI=1S/C14H24N2O/c1-4-12-8-13(16(5-2)15-12)10-14(17)7-6-11(3)9-14/h8,11,17H,4-7,9-10H2,1-3H3. The van der Waals surface area contributed by atoms with Crippen LogP contribution in [0.5, 0.6) is 0 Å². The number of nitrogens with zero attached hydrogens (tertiary/aromatic N) is 2. The summed E-state index contributed by atoms with van der Waals surface area (Å²) in [6.45, 7) is 7.35. The maximum absolute atomic E-state index is 10.6. The minimum atomic E-state index is -0.489. The van der Waals surface area contributed by atoms with Gasteiger partial charge in [-0.1, -0.05) is 13.8 Å². The molecule has 0 aromatic carbocycles. The predicted octanol–water partition coefficient (Wildman–Crippen LogP) is 2.56. The average molecular weight is 236 g/mol. The monoisotopic (exact) mass is 236 g/mol. The van der Waals surface area contributed by atoms with Crippen LogP contribution in [0.1, 0.15) is 51.4 Å². The zero-order valence-electron chi connectivity index (χ0n) is 11.2. The van der Waals surface area contributed by atoms with Crippen LogP contribution in [0.3, 0.4) is 0 Å². The molecule has 1 aromatic heterocycles. The van der Waals surface area contributed by atoms with Crippen molar-refractivity contribution in [1.29, 1.82) is 0 Å². The van der Waals surface area contributed by atoms with Gasteiger partial charge in [0.05, 0.1) is 11.3 Å². The van der Waals surface area contributed by atoms with E-state index >= 15 is 0 Å². The lowest BCUT2D eigenvalue weighted by Crippen LogP contribution is -2.29. The maximum atomic E-state index is 10.6. The van der Waals surface area contributed by atoms with Gasteiger partial charge in [0.25, 0.3) is 0 Å². The first kappa shape index (κ1) is 12.6. The van der Waals surface area contributed by atoms with Crippen LogP contribution < -0.4 is 0 Å². The number of aromatic nitrogens is 2. The SMILES string of the molecule is CCc1cc(CC2(O)CCC(C)C2)n(CC)n1. The summed E-state index contributed by atoms with van der Waals surface area (Å²) in [5.74, 6) is 0.656. The second-order valence-electron chi connectivity index (χ2n) is 5.55. The number of hydrogen-bond donors (Lipinski definition) is 1. The van der Waals surface area contributed by atoms with Crippen molar-refractivity contribution in [3.63, 3.8) is 0 Å². The largest absolute Gasteiger partial charge is 0.389 e. The number of hydrogen-bond acceptors (Lipinski definition) is 2. The zero-order chi connectivity index (χ0) is 12.5. The Hall–Kier alpha value is -0.830. The number of aliphatic hydroxyl groups is 1.